The molecule has 1 heterocycles. The van der Waals surface area contributed by atoms with Gasteiger partial charge in [0.05, 0.1) is 17.5 Å². The molecule has 0 aliphatic heterocycles. The summed E-state index contributed by atoms with van der Waals surface area (Å²) < 4.78 is 25.4. The van der Waals surface area contributed by atoms with Gasteiger partial charge in [0.1, 0.15) is 17.7 Å². The molecule has 0 amide bonds. The number of nitrogens with one attached hydrogen (secondary N) is 1. The molecule has 1 fully saturated rings. The molecule has 124 valence electrons. The molecule has 0 bridgehead atoms. The van der Waals surface area contributed by atoms with Crippen molar-refractivity contribution in [2.45, 2.75) is 44.8 Å². The minimum atomic E-state index is -0.294. The van der Waals surface area contributed by atoms with Crippen molar-refractivity contribution in [2.24, 2.45) is 0 Å². The van der Waals surface area contributed by atoms with Crippen LogP contribution in [0.3, 0.4) is 0 Å². The highest BCUT2D eigenvalue weighted by Gasteiger charge is 2.27. The van der Waals surface area contributed by atoms with Crippen LogP contribution in [0.1, 0.15) is 30.6 Å². The fourth-order valence-electron chi connectivity index (χ4n) is 2.99. The quantitative estimate of drug-likeness (QED) is 0.807. The lowest BCUT2D eigenvalue weighted by Crippen LogP contribution is -2.36. The molecule has 1 aromatic carbocycles. The predicted molar refractivity (Wildman–Crippen MR) is 92.4 cm³/mol. The Morgan fingerprint density at radius 2 is 1.91 bits per heavy atom. The molecule has 0 radical (unpaired) electrons. The molecule has 1 aromatic heterocycles. The third-order valence-corrected chi connectivity index (χ3v) is 5.14. The molecule has 0 unspecified atom stereocenters. The highest BCUT2D eigenvalue weighted by molar-refractivity contribution is 7.10. The van der Waals surface area contributed by atoms with E-state index in [4.69, 9.17) is 9.47 Å². The summed E-state index contributed by atoms with van der Waals surface area (Å²) in [6.07, 6.45) is 4.24. The number of halogens is 1. The number of thiophene rings is 1. The monoisotopic (exact) mass is 335 g/mol. The number of anilines is 2. The van der Waals surface area contributed by atoms with Crippen LogP contribution in [0.15, 0.2) is 29.6 Å². The van der Waals surface area contributed by atoms with Crippen LogP contribution in [0, 0.1) is 12.7 Å². The molecular formula is C18H22FNO2S. The van der Waals surface area contributed by atoms with E-state index in [9.17, 15) is 4.39 Å². The zero-order chi connectivity index (χ0) is 16.2. The van der Waals surface area contributed by atoms with E-state index >= 15 is 0 Å². The minimum absolute atomic E-state index is 0.0281. The van der Waals surface area contributed by atoms with Gasteiger partial charge in [0.2, 0.25) is 0 Å². The van der Waals surface area contributed by atoms with E-state index in [-0.39, 0.29) is 18.0 Å². The highest BCUT2D eigenvalue weighted by atomic mass is 32.1. The Bertz CT molecular complexity index is 658. The molecule has 1 saturated carbocycles. The van der Waals surface area contributed by atoms with Crippen LogP contribution >= 0.6 is 11.3 Å². The van der Waals surface area contributed by atoms with Crippen molar-refractivity contribution < 1.29 is 13.9 Å². The van der Waals surface area contributed by atoms with Gasteiger partial charge in [-0.05, 0) is 49.8 Å². The summed E-state index contributed by atoms with van der Waals surface area (Å²) in [6, 6.07) is 6.65. The van der Waals surface area contributed by atoms with Crippen molar-refractivity contribution in [1.82, 2.24) is 0 Å². The number of hydrogen-bond donors (Lipinski definition) is 1. The Morgan fingerprint density at radius 3 is 2.61 bits per heavy atom. The predicted octanol–water partition coefficient (Wildman–Crippen LogP) is 5.28. The van der Waals surface area contributed by atoms with E-state index in [1.165, 1.54) is 17.0 Å². The largest absolute Gasteiger partial charge is 0.485 e. The Hall–Kier alpha value is -1.59. The normalized spacial score (nSPS) is 21.2. The SMILES string of the molecule is CO[C@@H]1CCCC[C@H]1Oc1cc(F)ccc1Nc1ccsc1C. The average molecular weight is 335 g/mol. The maximum atomic E-state index is 13.7. The van der Waals surface area contributed by atoms with E-state index in [0.29, 0.717) is 5.75 Å². The van der Waals surface area contributed by atoms with Crippen molar-refractivity contribution in [3.63, 3.8) is 0 Å². The van der Waals surface area contributed by atoms with Crippen LogP contribution in [0.25, 0.3) is 0 Å². The van der Waals surface area contributed by atoms with E-state index in [1.807, 2.05) is 11.4 Å². The zero-order valence-corrected chi connectivity index (χ0v) is 14.3. The van der Waals surface area contributed by atoms with Crippen LogP contribution in [0.4, 0.5) is 15.8 Å². The lowest BCUT2D eigenvalue weighted by atomic mass is 9.94. The first-order valence-electron chi connectivity index (χ1n) is 7.97. The molecule has 3 nitrogen and oxygen atoms in total. The van der Waals surface area contributed by atoms with E-state index in [0.717, 1.165) is 37.1 Å². The van der Waals surface area contributed by atoms with Gasteiger partial charge in [0.25, 0.3) is 0 Å². The van der Waals surface area contributed by atoms with Gasteiger partial charge in [-0.1, -0.05) is 6.42 Å². The molecule has 1 aliphatic carbocycles. The van der Waals surface area contributed by atoms with Gasteiger partial charge >= 0.3 is 0 Å². The standard InChI is InChI=1S/C18H22FNO2S/c1-12-14(9-10-23-12)20-15-8-7-13(19)11-18(15)22-17-6-4-3-5-16(17)21-2/h7-11,16-17,20H,3-6H2,1-2H3/t16-,17-/m1/s1. The molecule has 3 rings (SSSR count). The number of benzene rings is 1. The molecule has 1 aliphatic rings. The van der Waals surface area contributed by atoms with Crippen molar-refractivity contribution in [3.05, 3.63) is 40.3 Å². The summed E-state index contributed by atoms with van der Waals surface area (Å²) in [7, 11) is 1.71. The number of methoxy groups -OCH3 is 1. The molecule has 23 heavy (non-hydrogen) atoms. The number of rotatable bonds is 5. The van der Waals surface area contributed by atoms with Crippen molar-refractivity contribution >= 4 is 22.7 Å². The first-order chi connectivity index (χ1) is 11.2. The topological polar surface area (TPSA) is 30.5 Å². The van der Waals surface area contributed by atoms with Crippen LogP contribution in [-0.4, -0.2) is 19.3 Å². The molecular weight excluding hydrogens is 313 g/mol. The molecule has 2 atom stereocenters. The molecule has 5 heteroatoms. The maximum absolute atomic E-state index is 13.7. The minimum Gasteiger partial charge on any atom is -0.485 e. The van der Waals surface area contributed by atoms with Gasteiger partial charge < -0.3 is 14.8 Å². The van der Waals surface area contributed by atoms with Gasteiger partial charge in [0, 0.05) is 18.1 Å². The number of hydrogen-bond acceptors (Lipinski definition) is 4. The van der Waals surface area contributed by atoms with Crippen molar-refractivity contribution in [3.8, 4) is 5.75 Å². The fraction of sp³-hybridized carbons (Fsp3) is 0.444. The Kier molecular flexibility index (Phi) is 5.18. The van der Waals surface area contributed by atoms with Gasteiger partial charge in [-0.3, -0.25) is 0 Å². The summed E-state index contributed by atoms with van der Waals surface area (Å²) in [4.78, 5) is 1.19. The highest BCUT2D eigenvalue weighted by Crippen LogP contribution is 2.34. The van der Waals surface area contributed by atoms with Gasteiger partial charge in [-0.2, -0.15) is 0 Å². The fourth-order valence-corrected chi connectivity index (χ4v) is 3.64. The van der Waals surface area contributed by atoms with Gasteiger partial charge in [-0.15, -0.1) is 11.3 Å². The molecule has 0 spiro atoms. The summed E-state index contributed by atoms with van der Waals surface area (Å²) in [6.45, 7) is 2.05. The third-order valence-electron chi connectivity index (χ3n) is 4.29. The van der Waals surface area contributed by atoms with Crippen LogP contribution in [0.5, 0.6) is 5.75 Å². The van der Waals surface area contributed by atoms with Crippen molar-refractivity contribution in [1.29, 1.82) is 0 Å². The van der Waals surface area contributed by atoms with E-state index in [1.54, 1.807) is 24.5 Å². The van der Waals surface area contributed by atoms with Crippen LogP contribution < -0.4 is 10.1 Å². The summed E-state index contributed by atoms with van der Waals surface area (Å²) >= 11 is 1.67. The van der Waals surface area contributed by atoms with E-state index < -0.39 is 0 Å². The molecule has 0 saturated heterocycles. The number of aryl methyl sites for hydroxylation is 1. The number of ether oxygens (including phenoxy) is 2. The average Bonchev–Trinajstić information content (AvgIpc) is 2.95. The zero-order valence-electron chi connectivity index (χ0n) is 13.5. The van der Waals surface area contributed by atoms with Crippen LogP contribution in [0.2, 0.25) is 0 Å². The summed E-state index contributed by atoms with van der Waals surface area (Å²) in [5.74, 6) is 0.252. The lowest BCUT2D eigenvalue weighted by molar-refractivity contribution is -0.0227. The second kappa shape index (κ2) is 7.32. The third kappa shape index (κ3) is 3.85. The Labute approximate surface area is 140 Å². The Balaban J connectivity index is 1.82. The second-order valence-corrected chi connectivity index (χ2v) is 6.99. The first-order valence-corrected chi connectivity index (χ1v) is 8.85. The first kappa shape index (κ1) is 16.3. The molecule has 2 aromatic rings. The van der Waals surface area contributed by atoms with Gasteiger partial charge in [-0.25, -0.2) is 4.39 Å². The van der Waals surface area contributed by atoms with E-state index in [2.05, 4.69) is 12.2 Å². The van der Waals surface area contributed by atoms with Crippen LogP contribution in [-0.2, 0) is 4.74 Å². The summed E-state index contributed by atoms with van der Waals surface area (Å²) in [5, 5.41) is 5.38. The molecule has 1 N–H and O–H groups in total. The smallest absolute Gasteiger partial charge is 0.146 e. The second-order valence-electron chi connectivity index (χ2n) is 5.87. The summed E-state index contributed by atoms with van der Waals surface area (Å²) in [5.41, 5.74) is 1.81. The van der Waals surface area contributed by atoms with Crippen molar-refractivity contribution in [2.75, 3.05) is 12.4 Å². The Morgan fingerprint density at radius 1 is 1.13 bits per heavy atom. The maximum Gasteiger partial charge on any atom is 0.146 e. The van der Waals surface area contributed by atoms with Gasteiger partial charge in [0.15, 0.2) is 0 Å². The lowest BCUT2D eigenvalue weighted by Gasteiger charge is -2.31.